The Morgan fingerprint density at radius 3 is 2.50 bits per heavy atom. The lowest BCUT2D eigenvalue weighted by Gasteiger charge is -2.31. The van der Waals surface area contributed by atoms with Gasteiger partial charge in [-0.25, -0.2) is 8.42 Å². The zero-order valence-corrected chi connectivity index (χ0v) is 12.8. The highest BCUT2D eigenvalue weighted by Crippen LogP contribution is 2.30. The van der Waals surface area contributed by atoms with Crippen molar-refractivity contribution in [3.05, 3.63) is 24.3 Å². The van der Waals surface area contributed by atoms with Gasteiger partial charge in [0.25, 0.3) is 0 Å². The highest BCUT2D eigenvalue weighted by molar-refractivity contribution is 7.90. The van der Waals surface area contributed by atoms with Gasteiger partial charge in [0.1, 0.15) is 0 Å². The quantitative estimate of drug-likeness (QED) is 0.874. The van der Waals surface area contributed by atoms with Gasteiger partial charge in [0.2, 0.25) is 0 Å². The van der Waals surface area contributed by atoms with Crippen LogP contribution in [-0.4, -0.2) is 27.8 Å². The van der Waals surface area contributed by atoms with E-state index in [4.69, 9.17) is 5.73 Å². The molecule has 2 rings (SSSR count). The van der Waals surface area contributed by atoms with Crippen molar-refractivity contribution in [2.24, 2.45) is 17.6 Å². The number of hydrogen-bond acceptors (Lipinski definition) is 4. The summed E-state index contributed by atoms with van der Waals surface area (Å²) in [5.74, 6) is 1.10. The third kappa shape index (κ3) is 3.73. The Morgan fingerprint density at radius 2 is 1.85 bits per heavy atom. The molecule has 1 aliphatic carbocycles. The predicted octanol–water partition coefficient (Wildman–Crippen LogP) is 2.27. The molecular weight excluding hydrogens is 272 g/mol. The van der Waals surface area contributed by atoms with E-state index in [1.54, 1.807) is 12.1 Å². The first-order valence-corrected chi connectivity index (χ1v) is 9.14. The molecule has 2 atom stereocenters. The summed E-state index contributed by atoms with van der Waals surface area (Å²) in [6, 6.07) is 7.10. The first kappa shape index (κ1) is 15.3. The Morgan fingerprint density at radius 1 is 1.20 bits per heavy atom. The number of hydrogen-bond donors (Lipinski definition) is 2. The summed E-state index contributed by atoms with van der Waals surface area (Å²) >= 11 is 0. The third-order valence-corrected chi connectivity index (χ3v) is 5.37. The number of benzene rings is 1. The fraction of sp³-hybridized carbons (Fsp3) is 0.600. The van der Waals surface area contributed by atoms with Gasteiger partial charge in [0.05, 0.1) is 10.6 Å². The lowest BCUT2D eigenvalue weighted by atomic mass is 9.79. The van der Waals surface area contributed by atoms with Gasteiger partial charge >= 0.3 is 0 Å². The van der Waals surface area contributed by atoms with Crippen LogP contribution >= 0.6 is 0 Å². The van der Waals surface area contributed by atoms with E-state index in [-0.39, 0.29) is 0 Å². The molecule has 0 bridgehead atoms. The molecule has 1 aromatic rings. The predicted molar refractivity (Wildman–Crippen MR) is 82.5 cm³/mol. The van der Waals surface area contributed by atoms with Crippen LogP contribution in [0.1, 0.15) is 25.7 Å². The Kier molecular flexibility index (Phi) is 5.05. The van der Waals surface area contributed by atoms with Gasteiger partial charge in [0.15, 0.2) is 9.84 Å². The van der Waals surface area contributed by atoms with Crippen LogP contribution in [0.5, 0.6) is 0 Å². The van der Waals surface area contributed by atoms with Crippen molar-refractivity contribution in [1.29, 1.82) is 0 Å². The van der Waals surface area contributed by atoms with E-state index in [1.807, 2.05) is 12.1 Å². The minimum absolute atomic E-state index is 0.375. The molecule has 3 N–H and O–H groups in total. The van der Waals surface area contributed by atoms with Crippen LogP contribution in [0.2, 0.25) is 0 Å². The molecule has 0 spiro atoms. The molecule has 0 radical (unpaired) electrons. The van der Waals surface area contributed by atoms with Crippen LogP contribution in [-0.2, 0) is 9.84 Å². The van der Waals surface area contributed by atoms with E-state index in [0.29, 0.717) is 22.4 Å². The van der Waals surface area contributed by atoms with Crippen molar-refractivity contribution in [2.75, 3.05) is 24.7 Å². The molecule has 1 saturated carbocycles. The van der Waals surface area contributed by atoms with Gasteiger partial charge in [-0.2, -0.15) is 0 Å². The van der Waals surface area contributed by atoms with E-state index >= 15 is 0 Å². The largest absolute Gasteiger partial charge is 0.384 e. The summed E-state index contributed by atoms with van der Waals surface area (Å²) < 4.78 is 23.5. The number of para-hydroxylation sites is 1. The maximum absolute atomic E-state index is 11.8. The Hall–Kier alpha value is -1.07. The smallest absolute Gasteiger partial charge is 0.177 e. The molecule has 112 valence electrons. The first-order chi connectivity index (χ1) is 9.52. The second-order valence-electron chi connectivity index (χ2n) is 5.69. The Labute approximate surface area is 121 Å². The minimum Gasteiger partial charge on any atom is -0.384 e. The third-order valence-electron chi connectivity index (χ3n) is 4.21. The van der Waals surface area contributed by atoms with Gasteiger partial charge in [-0.3, -0.25) is 0 Å². The van der Waals surface area contributed by atoms with Gasteiger partial charge in [-0.1, -0.05) is 25.0 Å². The number of nitrogens with one attached hydrogen (secondary N) is 1. The first-order valence-electron chi connectivity index (χ1n) is 7.25. The second kappa shape index (κ2) is 6.59. The number of sulfone groups is 1. The molecule has 0 aliphatic heterocycles. The monoisotopic (exact) mass is 296 g/mol. The summed E-state index contributed by atoms with van der Waals surface area (Å²) in [4.78, 5) is 0.375. The Bertz CT molecular complexity index is 543. The summed E-state index contributed by atoms with van der Waals surface area (Å²) in [6.07, 6.45) is 6.12. The average molecular weight is 296 g/mol. The topological polar surface area (TPSA) is 72.2 Å². The fourth-order valence-electron chi connectivity index (χ4n) is 3.04. The molecule has 0 heterocycles. The van der Waals surface area contributed by atoms with Gasteiger partial charge in [-0.15, -0.1) is 0 Å². The van der Waals surface area contributed by atoms with Crippen LogP contribution < -0.4 is 11.1 Å². The summed E-state index contributed by atoms with van der Waals surface area (Å²) in [7, 11) is -3.19. The fourth-order valence-corrected chi connectivity index (χ4v) is 3.91. The van der Waals surface area contributed by atoms with Crippen LogP contribution in [0, 0.1) is 11.8 Å². The molecule has 1 aromatic carbocycles. The van der Waals surface area contributed by atoms with Crippen LogP contribution in [0.25, 0.3) is 0 Å². The lowest BCUT2D eigenvalue weighted by Crippen LogP contribution is -2.31. The van der Waals surface area contributed by atoms with E-state index in [0.717, 1.165) is 13.1 Å². The van der Waals surface area contributed by atoms with Crippen molar-refractivity contribution < 1.29 is 8.42 Å². The molecular formula is C15H24N2O2S. The SMILES string of the molecule is CS(=O)(=O)c1ccccc1NCC1CCCCC1CN. The second-order valence-corrected chi connectivity index (χ2v) is 7.67. The van der Waals surface area contributed by atoms with Crippen molar-refractivity contribution in [3.8, 4) is 0 Å². The van der Waals surface area contributed by atoms with E-state index in [1.165, 1.54) is 31.9 Å². The molecule has 4 nitrogen and oxygen atoms in total. The molecule has 0 saturated heterocycles. The van der Waals surface area contributed by atoms with Crippen molar-refractivity contribution in [2.45, 2.75) is 30.6 Å². The summed E-state index contributed by atoms with van der Waals surface area (Å²) in [5, 5.41) is 3.32. The molecule has 5 heteroatoms. The highest BCUT2D eigenvalue weighted by atomic mass is 32.2. The van der Waals surface area contributed by atoms with Gasteiger partial charge in [-0.05, 0) is 43.4 Å². The van der Waals surface area contributed by atoms with Crippen LogP contribution in [0.15, 0.2) is 29.2 Å². The minimum atomic E-state index is -3.19. The van der Waals surface area contributed by atoms with E-state index < -0.39 is 9.84 Å². The zero-order valence-electron chi connectivity index (χ0n) is 12.0. The van der Waals surface area contributed by atoms with Crippen LogP contribution in [0.4, 0.5) is 5.69 Å². The maximum Gasteiger partial charge on any atom is 0.177 e. The standard InChI is InChI=1S/C15H24N2O2S/c1-20(18,19)15-9-5-4-8-14(15)17-11-13-7-3-2-6-12(13)10-16/h4-5,8-9,12-13,17H,2-3,6-7,10-11,16H2,1H3. The van der Waals surface area contributed by atoms with Gasteiger partial charge < -0.3 is 11.1 Å². The summed E-state index contributed by atoms with van der Waals surface area (Å²) in [5.41, 5.74) is 6.54. The van der Waals surface area contributed by atoms with E-state index in [9.17, 15) is 8.42 Å². The van der Waals surface area contributed by atoms with Crippen molar-refractivity contribution in [3.63, 3.8) is 0 Å². The van der Waals surface area contributed by atoms with E-state index in [2.05, 4.69) is 5.32 Å². The molecule has 20 heavy (non-hydrogen) atoms. The zero-order chi connectivity index (χ0) is 14.6. The molecule has 0 aromatic heterocycles. The van der Waals surface area contributed by atoms with Crippen molar-refractivity contribution >= 4 is 15.5 Å². The van der Waals surface area contributed by atoms with Crippen LogP contribution in [0.3, 0.4) is 0 Å². The normalized spacial score (nSPS) is 23.5. The Balaban J connectivity index is 2.07. The number of rotatable bonds is 5. The number of nitrogens with two attached hydrogens (primary N) is 1. The van der Waals surface area contributed by atoms with Crippen molar-refractivity contribution in [1.82, 2.24) is 0 Å². The molecule has 1 aliphatic rings. The molecule has 2 unspecified atom stereocenters. The lowest BCUT2D eigenvalue weighted by molar-refractivity contribution is 0.255. The maximum atomic E-state index is 11.8. The molecule has 1 fully saturated rings. The molecule has 0 amide bonds. The average Bonchev–Trinajstić information content (AvgIpc) is 2.44. The highest BCUT2D eigenvalue weighted by Gasteiger charge is 2.24. The van der Waals surface area contributed by atoms with Gasteiger partial charge in [0, 0.05) is 12.8 Å². The summed E-state index contributed by atoms with van der Waals surface area (Å²) in [6.45, 7) is 1.52. The number of anilines is 1.